The minimum absolute atomic E-state index is 0.0160. The molecule has 0 saturated carbocycles. The second-order valence-corrected chi connectivity index (χ2v) is 8.26. The van der Waals surface area contributed by atoms with Crippen LogP contribution < -0.4 is 4.74 Å². The molecule has 2 aromatic carbocycles. The quantitative estimate of drug-likeness (QED) is 0.853. The Morgan fingerprint density at radius 2 is 1.93 bits per heavy atom. The largest absolute Gasteiger partial charge is 0.489 e. The first kappa shape index (κ1) is 17.2. The predicted molar refractivity (Wildman–Crippen MR) is 103 cm³/mol. The van der Waals surface area contributed by atoms with Gasteiger partial charge in [-0.15, -0.1) is 0 Å². The van der Waals surface area contributed by atoms with Gasteiger partial charge in [-0.2, -0.15) is 0 Å². The van der Waals surface area contributed by atoms with Crippen LogP contribution in [-0.2, 0) is 17.9 Å². The van der Waals surface area contributed by atoms with Gasteiger partial charge in [-0.05, 0) is 24.5 Å². The summed E-state index contributed by atoms with van der Waals surface area (Å²) in [5, 5.41) is 9.81. The van der Waals surface area contributed by atoms with Gasteiger partial charge in [0, 0.05) is 43.6 Å². The number of fused-ring (bicyclic) bond motifs is 1. The summed E-state index contributed by atoms with van der Waals surface area (Å²) in [6.07, 6.45) is 2.53. The van der Waals surface area contributed by atoms with Crippen LogP contribution in [0.2, 0.25) is 0 Å². The normalized spacial score (nSPS) is 32.0. The molecule has 0 aromatic heterocycles. The summed E-state index contributed by atoms with van der Waals surface area (Å²) in [6.45, 7) is 3.69. The summed E-state index contributed by atoms with van der Waals surface area (Å²) < 4.78 is 12.5. The molecule has 3 aliphatic rings. The van der Waals surface area contributed by atoms with E-state index < -0.39 is 0 Å². The Hall–Kier alpha value is -1.88. The Bertz CT molecular complexity index is 795. The molecule has 0 unspecified atom stereocenters. The van der Waals surface area contributed by atoms with Gasteiger partial charge in [0.2, 0.25) is 0 Å². The monoisotopic (exact) mass is 365 g/mol. The van der Waals surface area contributed by atoms with Crippen LogP contribution in [0, 0.1) is 11.8 Å². The van der Waals surface area contributed by atoms with E-state index in [0.29, 0.717) is 18.4 Å². The van der Waals surface area contributed by atoms with Gasteiger partial charge >= 0.3 is 0 Å². The van der Waals surface area contributed by atoms with E-state index in [4.69, 9.17) is 9.47 Å². The average Bonchev–Trinajstić information content (AvgIpc) is 3.35. The minimum atomic E-state index is -0.0160. The standard InChI is InChI=1S/C23H27NO3/c25-14-19-20-13-24(16-23(20)11-10-22(19)27-23)12-18-8-4-5-9-21(18)26-15-17-6-2-1-3-7-17/h1-9,19-20,22,25H,10-16H2/t19-,20+,22+,23+/m0/s1. The number of ether oxygens (including phenoxy) is 2. The van der Waals surface area contributed by atoms with Gasteiger partial charge in [0.05, 0.1) is 11.7 Å². The van der Waals surface area contributed by atoms with E-state index in [1.807, 2.05) is 24.3 Å². The van der Waals surface area contributed by atoms with E-state index in [1.54, 1.807) is 0 Å². The summed E-state index contributed by atoms with van der Waals surface area (Å²) in [4.78, 5) is 2.49. The average molecular weight is 365 g/mol. The van der Waals surface area contributed by atoms with Crippen LogP contribution in [-0.4, -0.2) is 41.4 Å². The van der Waals surface area contributed by atoms with E-state index in [2.05, 4.69) is 35.2 Å². The number of nitrogens with zero attached hydrogens (tertiary/aromatic N) is 1. The number of aliphatic hydroxyl groups is 1. The second kappa shape index (κ2) is 6.93. The van der Waals surface area contributed by atoms with E-state index in [0.717, 1.165) is 38.2 Å². The maximum atomic E-state index is 9.81. The molecule has 4 nitrogen and oxygen atoms in total. The summed E-state index contributed by atoms with van der Waals surface area (Å²) in [6, 6.07) is 18.6. The zero-order valence-electron chi connectivity index (χ0n) is 15.6. The molecule has 1 N–H and O–H groups in total. The van der Waals surface area contributed by atoms with Crippen molar-refractivity contribution < 1.29 is 14.6 Å². The number of rotatable bonds is 6. The van der Waals surface area contributed by atoms with Gasteiger partial charge in [-0.3, -0.25) is 4.90 Å². The van der Waals surface area contributed by atoms with Crippen molar-refractivity contribution in [2.45, 2.75) is 37.7 Å². The molecule has 0 radical (unpaired) electrons. The molecule has 3 aliphatic heterocycles. The molecular weight excluding hydrogens is 338 g/mol. The zero-order chi connectivity index (χ0) is 18.3. The molecule has 0 aliphatic carbocycles. The van der Waals surface area contributed by atoms with Crippen molar-refractivity contribution in [2.24, 2.45) is 11.8 Å². The first-order valence-corrected chi connectivity index (χ1v) is 10.0. The zero-order valence-corrected chi connectivity index (χ0v) is 15.6. The van der Waals surface area contributed by atoms with Crippen molar-refractivity contribution in [1.82, 2.24) is 4.90 Å². The molecule has 2 aromatic rings. The fourth-order valence-electron chi connectivity index (χ4n) is 5.40. The van der Waals surface area contributed by atoms with Crippen LogP contribution in [0.15, 0.2) is 54.6 Å². The molecule has 3 fully saturated rings. The number of hydrogen-bond acceptors (Lipinski definition) is 4. The Morgan fingerprint density at radius 1 is 1.11 bits per heavy atom. The third kappa shape index (κ3) is 3.06. The molecule has 4 heteroatoms. The van der Waals surface area contributed by atoms with Crippen molar-refractivity contribution >= 4 is 0 Å². The Balaban J connectivity index is 1.28. The summed E-state index contributed by atoms with van der Waals surface area (Å²) >= 11 is 0. The lowest BCUT2D eigenvalue weighted by Crippen LogP contribution is -2.37. The van der Waals surface area contributed by atoms with E-state index in [1.165, 1.54) is 11.1 Å². The van der Waals surface area contributed by atoms with Gasteiger partial charge in [-0.25, -0.2) is 0 Å². The molecule has 5 rings (SSSR count). The van der Waals surface area contributed by atoms with Crippen LogP contribution in [0.3, 0.4) is 0 Å². The number of aliphatic hydroxyl groups excluding tert-OH is 1. The van der Waals surface area contributed by atoms with Crippen LogP contribution in [0.25, 0.3) is 0 Å². The fourth-order valence-corrected chi connectivity index (χ4v) is 5.40. The van der Waals surface area contributed by atoms with Crippen LogP contribution in [0.5, 0.6) is 5.75 Å². The van der Waals surface area contributed by atoms with Crippen LogP contribution in [0.1, 0.15) is 24.0 Å². The number of hydrogen-bond donors (Lipinski definition) is 1. The van der Waals surface area contributed by atoms with Gasteiger partial charge in [-0.1, -0.05) is 48.5 Å². The predicted octanol–water partition coefficient (Wildman–Crippen LogP) is 3.24. The highest BCUT2D eigenvalue weighted by Crippen LogP contribution is 2.54. The number of para-hydroxylation sites is 1. The molecule has 142 valence electrons. The lowest BCUT2D eigenvalue weighted by Gasteiger charge is -2.28. The van der Waals surface area contributed by atoms with Crippen molar-refractivity contribution in [3.05, 3.63) is 65.7 Å². The Morgan fingerprint density at radius 3 is 2.78 bits per heavy atom. The SMILES string of the molecule is OC[C@H]1[C@H]2CN(Cc3ccccc3OCc3ccccc3)C[C@]23CC[C@H]1O3. The summed E-state index contributed by atoms with van der Waals surface area (Å²) in [5.74, 6) is 1.74. The molecular formula is C23H27NO3. The van der Waals surface area contributed by atoms with Crippen molar-refractivity contribution in [1.29, 1.82) is 0 Å². The molecule has 4 atom stereocenters. The summed E-state index contributed by atoms with van der Waals surface area (Å²) in [7, 11) is 0. The number of likely N-dealkylation sites (tertiary alicyclic amines) is 1. The molecule has 27 heavy (non-hydrogen) atoms. The van der Waals surface area contributed by atoms with Gasteiger partial charge in [0.25, 0.3) is 0 Å². The second-order valence-electron chi connectivity index (χ2n) is 8.26. The fraction of sp³-hybridized carbons (Fsp3) is 0.478. The lowest BCUT2D eigenvalue weighted by atomic mass is 9.74. The third-order valence-corrected chi connectivity index (χ3v) is 6.67. The topological polar surface area (TPSA) is 41.9 Å². The highest BCUT2D eigenvalue weighted by molar-refractivity contribution is 5.34. The van der Waals surface area contributed by atoms with Crippen LogP contribution in [0.4, 0.5) is 0 Å². The van der Waals surface area contributed by atoms with Gasteiger partial charge < -0.3 is 14.6 Å². The number of benzene rings is 2. The highest BCUT2D eigenvalue weighted by Gasteiger charge is 2.62. The first-order chi connectivity index (χ1) is 13.3. The molecule has 2 bridgehead atoms. The highest BCUT2D eigenvalue weighted by atomic mass is 16.5. The first-order valence-electron chi connectivity index (χ1n) is 10.0. The molecule has 1 spiro atoms. The lowest BCUT2D eigenvalue weighted by molar-refractivity contribution is 0.000312. The molecule has 3 heterocycles. The van der Waals surface area contributed by atoms with Crippen molar-refractivity contribution in [2.75, 3.05) is 19.7 Å². The Kier molecular flexibility index (Phi) is 4.43. The maximum Gasteiger partial charge on any atom is 0.124 e. The Labute approximate surface area is 160 Å². The van der Waals surface area contributed by atoms with E-state index >= 15 is 0 Å². The molecule has 3 saturated heterocycles. The van der Waals surface area contributed by atoms with Gasteiger partial charge in [0.1, 0.15) is 12.4 Å². The van der Waals surface area contributed by atoms with Crippen molar-refractivity contribution in [3.8, 4) is 5.75 Å². The van der Waals surface area contributed by atoms with Crippen molar-refractivity contribution in [3.63, 3.8) is 0 Å². The molecule has 0 amide bonds. The third-order valence-electron chi connectivity index (χ3n) is 6.67. The van der Waals surface area contributed by atoms with E-state index in [9.17, 15) is 5.11 Å². The van der Waals surface area contributed by atoms with Crippen LogP contribution >= 0.6 is 0 Å². The van der Waals surface area contributed by atoms with Gasteiger partial charge in [0.15, 0.2) is 0 Å². The van der Waals surface area contributed by atoms with E-state index in [-0.39, 0.29) is 18.3 Å². The minimum Gasteiger partial charge on any atom is -0.489 e. The summed E-state index contributed by atoms with van der Waals surface area (Å²) in [5.41, 5.74) is 2.38. The maximum absolute atomic E-state index is 9.81. The smallest absolute Gasteiger partial charge is 0.124 e.